The van der Waals surface area contributed by atoms with Crippen molar-refractivity contribution in [3.8, 4) is 22.5 Å². The van der Waals surface area contributed by atoms with Crippen molar-refractivity contribution in [2.45, 2.75) is 45.4 Å². The molecule has 0 saturated carbocycles. The minimum Gasteiger partial charge on any atom is -0.377 e. The Labute approximate surface area is 202 Å². The van der Waals surface area contributed by atoms with Crippen molar-refractivity contribution in [3.05, 3.63) is 35.9 Å². The SMILES string of the molecule is Cc1nn(C2CCNC[C@@H]2F)c(C)c1-c1cc(N2CCOC[C@H]2C)nc2c(-c3ccn[nH]3)cnn12. The Morgan fingerprint density at radius 3 is 2.91 bits per heavy atom. The maximum Gasteiger partial charge on any atom is 0.167 e. The van der Waals surface area contributed by atoms with Crippen LogP contribution >= 0.6 is 0 Å². The Morgan fingerprint density at radius 1 is 1.26 bits per heavy atom. The lowest BCUT2D eigenvalue weighted by Crippen LogP contribution is -2.44. The van der Waals surface area contributed by atoms with Gasteiger partial charge in [0, 0.05) is 36.6 Å². The minimum atomic E-state index is -0.978. The van der Waals surface area contributed by atoms with E-state index >= 15 is 0 Å². The monoisotopic (exact) mass is 479 g/mol. The lowest BCUT2D eigenvalue weighted by molar-refractivity contribution is 0.0985. The number of alkyl halides is 1. The van der Waals surface area contributed by atoms with Gasteiger partial charge in [-0.25, -0.2) is 13.9 Å². The molecule has 4 aromatic rings. The van der Waals surface area contributed by atoms with E-state index in [0.29, 0.717) is 26.2 Å². The van der Waals surface area contributed by atoms with Crippen LogP contribution in [0.15, 0.2) is 24.5 Å². The number of ether oxygens (including phenoxy) is 1. The van der Waals surface area contributed by atoms with Gasteiger partial charge in [-0.1, -0.05) is 0 Å². The summed E-state index contributed by atoms with van der Waals surface area (Å²) in [4.78, 5) is 7.32. The third-order valence-corrected chi connectivity index (χ3v) is 7.18. The number of H-pyrrole nitrogens is 1. The smallest absolute Gasteiger partial charge is 0.167 e. The third-order valence-electron chi connectivity index (χ3n) is 7.18. The Kier molecular flexibility index (Phi) is 5.53. The van der Waals surface area contributed by atoms with Gasteiger partial charge in [-0.3, -0.25) is 9.78 Å². The molecule has 6 rings (SSSR count). The zero-order valence-electron chi connectivity index (χ0n) is 20.2. The topological polar surface area (TPSA) is 101 Å². The van der Waals surface area contributed by atoms with Gasteiger partial charge in [-0.05, 0) is 39.8 Å². The standard InChI is InChI=1S/C24H30FN9O/c1-14-13-35-9-8-32(14)22-10-21(34-24(29-22)17(11-28-34)19-4-7-27-30-19)23-15(2)31-33(16(23)3)20-5-6-26-12-18(20)25/h4,7,10-11,14,18,20,26H,5-6,8-9,12-13H2,1-3H3,(H,27,30)/t14-,18+,20?/m1/s1. The van der Waals surface area contributed by atoms with Gasteiger partial charge in [0.2, 0.25) is 0 Å². The number of nitrogens with zero attached hydrogens (tertiary/aromatic N) is 7. The highest BCUT2D eigenvalue weighted by atomic mass is 19.1. The fourth-order valence-electron chi connectivity index (χ4n) is 5.38. The summed E-state index contributed by atoms with van der Waals surface area (Å²) >= 11 is 0. The van der Waals surface area contributed by atoms with Crippen LogP contribution in [0, 0.1) is 13.8 Å². The molecule has 11 heteroatoms. The summed E-state index contributed by atoms with van der Waals surface area (Å²) in [6, 6.07) is 3.90. The molecular weight excluding hydrogens is 449 g/mol. The van der Waals surface area contributed by atoms with Crippen LogP contribution < -0.4 is 10.2 Å². The van der Waals surface area contributed by atoms with Gasteiger partial charge >= 0.3 is 0 Å². The van der Waals surface area contributed by atoms with Gasteiger partial charge in [0.05, 0.1) is 54.1 Å². The average Bonchev–Trinajstić information content (AvgIpc) is 3.58. The second-order valence-electron chi connectivity index (χ2n) is 9.45. The summed E-state index contributed by atoms with van der Waals surface area (Å²) in [6.07, 6.45) is 3.26. The summed E-state index contributed by atoms with van der Waals surface area (Å²) in [5, 5.41) is 19.8. The van der Waals surface area contributed by atoms with Gasteiger partial charge in [-0.15, -0.1) is 0 Å². The molecule has 6 heterocycles. The molecule has 2 aliphatic heterocycles. The molecule has 0 radical (unpaired) electrons. The van der Waals surface area contributed by atoms with Crippen molar-refractivity contribution in [2.24, 2.45) is 0 Å². The first-order chi connectivity index (χ1) is 17.0. The Bertz CT molecular complexity index is 1340. The van der Waals surface area contributed by atoms with E-state index in [9.17, 15) is 4.39 Å². The van der Waals surface area contributed by atoms with E-state index in [1.807, 2.05) is 35.3 Å². The molecule has 2 saturated heterocycles. The molecule has 0 spiro atoms. The lowest BCUT2D eigenvalue weighted by atomic mass is 10.0. The lowest BCUT2D eigenvalue weighted by Gasteiger charge is -2.34. The number of rotatable bonds is 4. The Balaban J connectivity index is 1.55. The fraction of sp³-hybridized carbons (Fsp3) is 0.500. The summed E-state index contributed by atoms with van der Waals surface area (Å²) in [6.45, 7) is 9.34. The number of aromatic amines is 1. The molecule has 2 fully saturated rings. The second kappa shape index (κ2) is 8.72. The Hall–Kier alpha value is -3.31. The molecular formula is C24H30FN9O. The van der Waals surface area contributed by atoms with Gasteiger partial charge in [0.25, 0.3) is 0 Å². The van der Waals surface area contributed by atoms with Crippen molar-refractivity contribution >= 4 is 11.5 Å². The zero-order valence-corrected chi connectivity index (χ0v) is 20.2. The fourth-order valence-corrected chi connectivity index (χ4v) is 5.38. The molecule has 1 unspecified atom stereocenters. The van der Waals surface area contributed by atoms with E-state index < -0.39 is 6.17 Å². The number of morpholine rings is 1. The van der Waals surface area contributed by atoms with E-state index in [1.165, 1.54) is 0 Å². The molecule has 0 bridgehead atoms. The summed E-state index contributed by atoms with van der Waals surface area (Å²) < 4.78 is 24.2. The molecule has 2 aliphatic rings. The van der Waals surface area contributed by atoms with E-state index in [0.717, 1.165) is 58.5 Å². The van der Waals surface area contributed by atoms with Crippen LogP contribution in [0.2, 0.25) is 0 Å². The highest BCUT2D eigenvalue weighted by Crippen LogP contribution is 2.35. The first kappa shape index (κ1) is 22.2. The highest BCUT2D eigenvalue weighted by molar-refractivity contribution is 5.80. The molecule has 0 amide bonds. The van der Waals surface area contributed by atoms with E-state index in [-0.39, 0.29) is 12.1 Å². The summed E-state index contributed by atoms with van der Waals surface area (Å²) in [5.41, 5.74) is 6.09. The third kappa shape index (κ3) is 3.69. The number of aromatic nitrogens is 7. The largest absolute Gasteiger partial charge is 0.377 e. The quantitative estimate of drug-likeness (QED) is 0.464. The van der Waals surface area contributed by atoms with Gasteiger partial charge < -0.3 is 15.0 Å². The predicted octanol–water partition coefficient (Wildman–Crippen LogP) is 2.70. The van der Waals surface area contributed by atoms with Gasteiger partial charge in [-0.2, -0.15) is 15.3 Å². The highest BCUT2D eigenvalue weighted by Gasteiger charge is 2.31. The average molecular weight is 480 g/mol. The predicted molar refractivity (Wildman–Crippen MR) is 130 cm³/mol. The molecule has 184 valence electrons. The van der Waals surface area contributed by atoms with E-state index in [4.69, 9.17) is 19.9 Å². The number of nitrogens with one attached hydrogen (secondary N) is 2. The summed E-state index contributed by atoms with van der Waals surface area (Å²) in [5.74, 6) is 0.862. The molecule has 10 nitrogen and oxygen atoms in total. The van der Waals surface area contributed by atoms with Crippen molar-refractivity contribution in [3.63, 3.8) is 0 Å². The van der Waals surface area contributed by atoms with Gasteiger partial charge in [0.15, 0.2) is 5.65 Å². The van der Waals surface area contributed by atoms with Crippen molar-refractivity contribution in [1.82, 2.24) is 39.9 Å². The minimum absolute atomic E-state index is 0.192. The van der Waals surface area contributed by atoms with Crippen LogP contribution in [0.3, 0.4) is 0 Å². The van der Waals surface area contributed by atoms with Crippen molar-refractivity contribution < 1.29 is 9.13 Å². The summed E-state index contributed by atoms with van der Waals surface area (Å²) in [7, 11) is 0. The zero-order chi connectivity index (χ0) is 24.1. The molecule has 35 heavy (non-hydrogen) atoms. The maximum atomic E-state index is 14.8. The number of fused-ring (bicyclic) bond motifs is 1. The number of piperidine rings is 1. The molecule has 4 aromatic heterocycles. The number of halogens is 1. The van der Waals surface area contributed by atoms with Crippen LogP contribution in [0.25, 0.3) is 28.2 Å². The number of hydrogen-bond acceptors (Lipinski definition) is 7. The van der Waals surface area contributed by atoms with Crippen LogP contribution in [-0.2, 0) is 4.74 Å². The molecule has 0 aromatic carbocycles. The number of anilines is 1. The van der Waals surface area contributed by atoms with Crippen LogP contribution in [0.4, 0.5) is 10.2 Å². The van der Waals surface area contributed by atoms with Crippen LogP contribution in [0.1, 0.15) is 30.8 Å². The maximum absolute atomic E-state index is 14.8. The van der Waals surface area contributed by atoms with Crippen molar-refractivity contribution in [2.75, 3.05) is 37.7 Å². The van der Waals surface area contributed by atoms with Crippen LogP contribution in [-0.4, -0.2) is 79.6 Å². The number of aryl methyl sites for hydroxylation is 1. The first-order valence-corrected chi connectivity index (χ1v) is 12.2. The normalized spacial score (nSPS) is 23.3. The van der Waals surface area contributed by atoms with Gasteiger partial charge in [0.1, 0.15) is 12.0 Å². The second-order valence-corrected chi connectivity index (χ2v) is 9.45. The molecule has 3 atom stereocenters. The van der Waals surface area contributed by atoms with Crippen molar-refractivity contribution in [1.29, 1.82) is 0 Å². The first-order valence-electron chi connectivity index (χ1n) is 12.2. The van der Waals surface area contributed by atoms with E-state index in [1.54, 1.807) is 6.20 Å². The van der Waals surface area contributed by atoms with E-state index in [2.05, 4.69) is 33.4 Å². The number of hydrogen-bond donors (Lipinski definition) is 2. The Morgan fingerprint density at radius 2 is 2.14 bits per heavy atom. The van der Waals surface area contributed by atoms with Crippen LogP contribution in [0.5, 0.6) is 0 Å². The molecule has 2 N–H and O–H groups in total. The molecule has 0 aliphatic carbocycles.